The molecule has 0 aliphatic heterocycles. The molecule has 0 heterocycles. The van der Waals surface area contributed by atoms with Crippen molar-refractivity contribution in [3.63, 3.8) is 0 Å². The number of rotatable bonds is 6. The van der Waals surface area contributed by atoms with E-state index in [4.69, 9.17) is 0 Å². The molecule has 0 saturated heterocycles. The van der Waals surface area contributed by atoms with Gasteiger partial charge in [0.05, 0.1) is 6.26 Å². The summed E-state index contributed by atoms with van der Waals surface area (Å²) < 4.78 is 99.0. The minimum absolute atomic E-state index is 0.101. The Morgan fingerprint density at radius 2 is 1.47 bits per heavy atom. The van der Waals surface area contributed by atoms with Gasteiger partial charge in [-0.05, 0) is 12.2 Å². The number of hydrogen-bond donors (Lipinski definition) is 1. The highest BCUT2D eigenvalue weighted by atomic mass is 32.2. The molecule has 1 N–H and O–H groups in total. The van der Waals surface area contributed by atoms with E-state index in [1.54, 1.807) is 6.92 Å². The highest BCUT2D eigenvalue weighted by molar-refractivity contribution is 8.01. The first-order chi connectivity index (χ1) is 8.27. The normalized spacial score (nSPS) is 14.7. The van der Waals surface area contributed by atoms with Gasteiger partial charge >= 0.3 is 12.4 Å². The van der Waals surface area contributed by atoms with Crippen LogP contribution in [-0.4, -0.2) is 37.6 Å². The second-order valence-corrected chi connectivity index (χ2v) is 6.81. The first-order valence-corrected chi connectivity index (χ1v) is 7.91. The Morgan fingerprint density at radius 3 is 1.74 bits per heavy atom. The molecule has 0 radical (unpaired) electrons. The maximum Gasteiger partial charge on any atom is 0.426 e. The second-order valence-electron chi connectivity index (χ2n) is 3.75. The Labute approximate surface area is 111 Å². The molecule has 0 aromatic carbocycles. The van der Waals surface area contributed by atoms with Crippen LogP contribution in [0.5, 0.6) is 0 Å². The van der Waals surface area contributed by atoms with E-state index in [-0.39, 0.29) is 12.7 Å². The van der Waals surface area contributed by atoms with Crippen LogP contribution in [0.25, 0.3) is 0 Å². The lowest BCUT2D eigenvalue weighted by molar-refractivity contribution is -0.267. The lowest BCUT2D eigenvalue weighted by atomic mass is 10.3. The van der Waals surface area contributed by atoms with Gasteiger partial charge in [-0.15, -0.1) is 11.8 Å². The number of unbranched alkanes of at least 4 members (excludes halogenated alkanes) is 1. The van der Waals surface area contributed by atoms with Crippen LogP contribution < -0.4 is 4.72 Å². The van der Waals surface area contributed by atoms with Gasteiger partial charge in [-0.1, -0.05) is 13.3 Å². The van der Waals surface area contributed by atoms with Gasteiger partial charge in [0, 0.05) is 0 Å². The van der Waals surface area contributed by atoms with E-state index < -0.39 is 44.8 Å². The van der Waals surface area contributed by atoms with Gasteiger partial charge < -0.3 is 0 Å². The molecule has 0 aromatic heterocycles. The number of sulfonamides is 1. The Bertz CT molecular complexity index is 375. The zero-order valence-corrected chi connectivity index (χ0v) is 11.7. The number of hydrogen-bond acceptors (Lipinski definition) is 3. The van der Waals surface area contributed by atoms with E-state index in [0.29, 0.717) is 11.1 Å². The van der Waals surface area contributed by atoms with Gasteiger partial charge in [0.25, 0.3) is 4.87 Å². The largest absolute Gasteiger partial charge is 0.426 e. The molecule has 0 atom stereocenters. The fourth-order valence-electron chi connectivity index (χ4n) is 1.10. The summed E-state index contributed by atoms with van der Waals surface area (Å²) in [7, 11) is -4.70. The minimum Gasteiger partial charge on any atom is -0.213 e. The Kier molecular flexibility index (Phi) is 6.03. The molecule has 0 bridgehead atoms. The fraction of sp³-hybridized carbons (Fsp3) is 1.00. The zero-order chi connectivity index (χ0) is 15.5. The van der Waals surface area contributed by atoms with Crippen LogP contribution in [0.1, 0.15) is 19.8 Å². The van der Waals surface area contributed by atoms with Crippen molar-refractivity contribution in [3.05, 3.63) is 0 Å². The topological polar surface area (TPSA) is 46.2 Å². The molecule has 0 aliphatic carbocycles. The number of nitrogens with one attached hydrogen (secondary N) is 1. The predicted molar refractivity (Wildman–Crippen MR) is 60.2 cm³/mol. The predicted octanol–water partition coefficient (Wildman–Crippen LogP) is 2.89. The molecule has 0 rings (SSSR count). The molecule has 0 aliphatic rings. The Hall–Kier alpha value is -0.160. The standard InChI is InChI=1S/C8H13F6NO2S2/c1-3-4-5-18-6(7(9,10)11,8(12,13)14)15-19(2,16)17/h15H,3-5H2,1-2H3. The van der Waals surface area contributed by atoms with Crippen molar-refractivity contribution in [2.75, 3.05) is 12.0 Å². The van der Waals surface area contributed by atoms with Gasteiger partial charge in [-0.25, -0.2) is 8.42 Å². The summed E-state index contributed by atoms with van der Waals surface area (Å²) in [6, 6.07) is 0. The third-order valence-corrected chi connectivity index (χ3v) is 4.24. The summed E-state index contributed by atoms with van der Waals surface area (Å²) in [5.74, 6) is -0.474. The monoisotopic (exact) mass is 333 g/mol. The van der Waals surface area contributed by atoms with Crippen LogP contribution >= 0.6 is 11.8 Å². The van der Waals surface area contributed by atoms with Crippen molar-refractivity contribution >= 4 is 21.8 Å². The quantitative estimate of drug-likeness (QED) is 0.462. The second kappa shape index (κ2) is 6.08. The molecule has 0 unspecified atom stereocenters. The first-order valence-electron chi connectivity index (χ1n) is 5.03. The van der Waals surface area contributed by atoms with Crippen LogP contribution in [0.15, 0.2) is 0 Å². The summed E-state index contributed by atoms with van der Waals surface area (Å²) >= 11 is -0.506. The van der Waals surface area contributed by atoms with Crippen LogP contribution in [0.3, 0.4) is 0 Å². The van der Waals surface area contributed by atoms with E-state index in [0.717, 1.165) is 0 Å². The molecular weight excluding hydrogens is 320 g/mol. The summed E-state index contributed by atoms with van der Waals surface area (Å²) in [6.45, 7) is 1.59. The lowest BCUT2D eigenvalue weighted by Gasteiger charge is -2.36. The van der Waals surface area contributed by atoms with Crippen molar-refractivity contribution in [1.29, 1.82) is 0 Å². The maximum absolute atomic E-state index is 12.8. The molecule has 0 amide bonds. The van der Waals surface area contributed by atoms with Crippen molar-refractivity contribution in [2.45, 2.75) is 37.0 Å². The van der Waals surface area contributed by atoms with E-state index in [2.05, 4.69) is 0 Å². The highest BCUT2D eigenvalue weighted by Gasteiger charge is 2.72. The summed E-state index contributed by atoms with van der Waals surface area (Å²) in [6.07, 6.45) is -10.9. The molecule has 0 fully saturated rings. The molecule has 19 heavy (non-hydrogen) atoms. The maximum atomic E-state index is 12.8. The van der Waals surface area contributed by atoms with E-state index >= 15 is 0 Å². The van der Waals surface area contributed by atoms with Crippen molar-refractivity contribution < 1.29 is 34.8 Å². The van der Waals surface area contributed by atoms with Crippen molar-refractivity contribution in [3.8, 4) is 0 Å². The Morgan fingerprint density at radius 1 is 1.05 bits per heavy atom. The van der Waals surface area contributed by atoms with E-state index in [9.17, 15) is 34.8 Å². The molecule has 116 valence electrons. The van der Waals surface area contributed by atoms with Gasteiger partial charge in [-0.2, -0.15) is 31.1 Å². The van der Waals surface area contributed by atoms with Crippen LogP contribution in [0.2, 0.25) is 0 Å². The van der Waals surface area contributed by atoms with Crippen molar-refractivity contribution in [1.82, 2.24) is 4.72 Å². The third kappa shape index (κ3) is 5.03. The van der Waals surface area contributed by atoms with Gasteiger partial charge in [-0.3, -0.25) is 0 Å². The zero-order valence-electron chi connectivity index (χ0n) is 10.0. The van der Waals surface area contributed by atoms with E-state index in [1.165, 1.54) is 0 Å². The minimum atomic E-state index is -5.80. The molecule has 0 spiro atoms. The summed E-state index contributed by atoms with van der Waals surface area (Å²) in [5.41, 5.74) is 0. The van der Waals surface area contributed by atoms with E-state index in [1.807, 2.05) is 0 Å². The molecular formula is C8H13F6NO2S2. The molecule has 3 nitrogen and oxygen atoms in total. The first kappa shape index (κ1) is 18.8. The number of halogens is 6. The SMILES string of the molecule is CCCCSC(NS(C)(=O)=O)(C(F)(F)F)C(F)(F)F. The number of alkyl halides is 6. The fourth-order valence-corrected chi connectivity index (χ4v) is 3.61. The average molecular weight is 333 g/mol. The number of thioether (sulfide) groups is 1. The van der Waals surface area contributed by atoms with Crippen LogP contribution in [0, 0.1) is 0 Å². The smallest absolute Gasteiger partial charge is 0.213 e. The molecule has 11 heteroatoms. The average Bonchev–Trinajstić information content (AvgIpc) is 2.10. The van der Waals surface area contributed by atoms with Gasteiger partial charge in [0.2, 0.25) is 10.0 Å². The summed E-state index contributed by atoms with van der Waals surface area (Å²) in [4.78, 5) is -4.51. The van der Waals surface area contributed by atoms with Crippen LogP contribution in [0.4, 0.5) is 26.3 Å². The lowest BCUT2D eigenvalue weighted by Crippen LogP contribution is -2.65. The summed E-state index contributed by atoms with van der Waals surface area (Å²) in [5, 5.41) is 0. The van der Waals surface area contributed by atoms with Gasteiger partial charge in [0.1, 0.15) is 0 Å². The van der Waals surface area contributed by atoms with Crippen LogP contribution in [-0.2, 0) is 10.0 Å². The molecule has 0 aromatic rings. The highest BCUT2D eigenvalue weighted by Crippen LogP contribution is 2.50. The van der Waals surface area contributed by atoms with Crippen molar-refractivity contribution in [2.24, 2.45) is 0 Å². The Balaban J connectivity index is 5.62. The third-order valence-electron chi connectivity index (χ3n) is 1.94. The van der Waals surface area contributed by atoms with Gasteiger partial charge in [0.15, 0.2) is 0 Å². The molecule has 0 saturated carbocycles.